The van der Waals surface area contributed by atoms with Gasteiger partial charge in [-0.05, 0) is 23.3 Å². The number of carbonyl (C=O) groups is 1. The van der Waals surface area contributed by atoms with E-state index in [1.807, 2.05) is 30.3 Å². The molecule has 0 saturated heterocycles. The maximum Gasteiger partial charge on any atom is 0.307 e. The minimum Gasteiger partial charge on any atom is -0.481 e. The summed E-state index contributed by atoms with van der Waals surface area (Å²) in [5.74, 6) is -0.945. The third-order valence-corrected chi connectivity index (χ3v) is 5.41. The molecule has 0 atom stereocenters. The standard InChI is InChI=1S/C17H19NO4S/c1-2-18(13-15-6-4-3-5-7-15)23(21,22)16-10-8-14(9-11-16)12-17(19)20/h3-11H,2,12-13H2,1H3,(H,19,20). The molecule has 0 unspecified atom stereocenters. The molecule has 0 spiro atoms. The highest BCUT2D eigenvalue weighted by Crippen LogP contribution is 2.19. The minimum absolute atomic E-state index is 0.123. The molecule has 0 aliphatic heterocycles. The molecule has 0 saturated carbocycles. The Balaban J connectivity index is 2.22. The molecule has 0 amide bonds. The Morgan fingerprint density at radius 2 is 1.61 bits per heavy atom. The van der Waals surface area contributed by atoms with Gasteiger partial charge in [0.1, 0.15) is 0 Å². The van der Waals surface area contributed by atoms with E-state index in [0.717, 1.165) is 5.56 Å². The summed E-state index contributed by atoms with van der Waals surface area (Å²) in [5, 5.41) is 8.76. The second kappa shape index (κ2) is 7.39. The average Bonchev–Trinajstić information content (AvgIpc) is 2.53. The molecular formula is C17H19NO4S. The molecular weight excluding hydrogens is 314 g/mol. The maximum absolute atomic E-state index is 12.7. The van der Waals surface area contributed by atoms with E-state index in [1.165, 1.54) is 28.6 Å². The largest absolute Gasteiger partial charge is 0.481 e. The second-order valence-electron chi connectivity index (χ2n) is 5.13. The van der Waals surface area contributed by atoms with Crippen molar-refractivity contribution >= 4 is 16.0 Å². The second-order valence-corrected chi connectivity index (χ2v) is 7.07. The Morgan fingerprint density at radius 3 is 2.13 bits per heavy atom. The molecule has 5 nitrogen and oxygen atoms in total. The number of nitrogens with zero attached hydrogens (tertiary/aromatic N) is 1. The molecule has 2 aromatic rings. The van der Waals surface area contributed by atoms with Crippen LogP contribution in [0.1, 0.15) is 18.1 Å². The molecule has 6 heteroatoms. The van der Waals surface area contributed by atoms with Gasteiger partial charge < -0.3 is 5.11 Å². The molecule has 0 fully saturated rings. The lowest BCUT2D eigenvalue weighted by atomic mass is 10.2. The summed E-state index contributed by atoms with van der Waals surface area (Å²) in [6.45, 7) is 2.45. The quantitative estimate of drug-likeness (QED) is 0.845. The predicted molar refractivity (Wildman–Crippen MR) is 87.5 cm³/mol. The molecule has 23 heavy (non-hydrogen) atoms. The van der Waals surface area contributed by atoms with Gasteiger partial charge in [-0.2, -0.15) is 4.31 Å². The Kier molecular flexibility index (Phi) is 5.52. The lowest BCUT2D eigenvalue weighted by Gasteiger charge is -2.20. The number of benzene rings is 2. The van der Waals surface area contributed by atoms with Crippen LogP contribution in [-0.2, 0) is 27.8 Å². The van der Waals surface area contributed by atoms with Crippen molar-refractivity contribution in [1.29, 1.82) is 0 Å². The normalized spacial score (nSPS) is 11.6. The van der Waals surface area contributed by atoms with Crippen LogP contribution in [0, 0.1) is 0 Å². The van der Waals surface area contributed by atoms with Crippen LogP contribution in [0.15, 0.2) is 59.5 Å². The number of carboxylic acids is 1. The Labute approximate surface area is 136 Å². The van der Waals surface area contributed by atoms with Crippen LogP contribution < -0.4 is 0 Å². The fraction of sp³-hybridized carbons (Fsp3) is 0.235. The van der Waals surface area contributed by atoms with Crippen molar-refractivity contribution in [2.45, 2.75) is 24.8 Å². The molecule has 0 heterocycles. The van der Waals surface area contributed by atoms with Crippen LogP contribution in [0.4, 0.5) is 0 Å². The van der Waals surface area contributed by atoms with Crippen molar-refractivity contribution in [1.82, 2.24) is 4.31 Å². The van der Waals surface area contributed by atoms with E-state index in [1.54, 1.807) is 6.92 Å². The van der Waals surface area contributed by atoms with Gasteiger partial charge in [0.2, 0.25) is 10.0 Å². The molecule has 1 N–H and O–H groups in total. The van der Waals surface area contributed by atoms with Crippen molar-refractivity contribution < 1.29 is 18.3 Å². The third-order valence-electron chi connectivity index (χ3n) is 3.47. The first-order valence-electron chi connectivity index (χ1n) is 7.28. The van der Waals surface area contributed by atoms with Gasteiger partial charge >= 0.3 is 5.97 Å². The van der Waals surface area contributed by atoms with Crippen LogP contribution in [0.5, 0.6) is 0 Å². The van der Waals surface area contributed by atoms with Gasteiger partial charge in [-0.3, -0.25) is 4.79 Å². The van der Waals surface area contributed by atoms with Gasteiger partial charge in [-0.15, -0.1) is 0 Å². The SMILES string of the molecule is CCN(Cc1ccccc1)S(=O)(=O)c1ccc(CC(=O)O)cc1. The maximum atomic E-state index is 12.7. The number of carboxylic acid groups (broad SMARTS) is 1. The van der Waals surface area contributed by atoms with E-state index in [4.69, 9.17) is 5.11 Å². The van der Waals surface area contributed by atoms with Gasteiger partial charge in [-0.1, -0.05) is 49.4 Å². The Bertz CT molecular complexity index is 755. The number of hydrogen-bond donors (Lipinski definition) is 1. The fourth-order valence-corrected chi connectivity index (χ4v) is 3.69. The summed E-state index contributed by atoms with van der Waals surface area (Å²) in [7, 11) is -3.61. The zero-order valence-electron chi connectivity index (χ0n) is 12.8. The summed E-state index contributed by atoms with van der Waals surface area (Å²) in [6, 6.07) is 15.4. The summed E-state index contributed by atoms with van der Waals surface area (Å²) in [4.78, 5) is 10.9. The van der Waals surface area contributed by atoms with E-state index >= 15 is 0 Å². The van der Waals surface area contributed by atoms with Crippen molar-refractivity contribution in [2.75, 3.05) is 6.54 Å². The zero-order chi connectivity index (χ0) is 16.9. The monoisotopic (exact) mass is 333 g/mol. The Hall–Kier alpha value is -2.18. The summed E-state index contributed by atoms with van der Waals surface area (Å²) < 4.78 is 26.8. The van der Waals surface area contributed by atoms with E-state index in [-0.39, 0.29) is 11.3 Å². The van der Waals surface area contributed by atoms with Crippen molar-refractivity contribution in [2.24, 2.45) is 0 Å². The lowest BCUT2D eigenvalue weighted by Crippen LogP contribution is -2.30. The highest BCUT2D eigenvalue weighted by Gasteiger charge is 2.23. The van der Waals surface area contributed by atoms with Crippen molar-refractivity contribution in [3.05, 3.63) is 65.7 Å². The molecule has 2 rings (SSSR count). The van der Waals surface area contributed by atoms with Gasteiger partial charge in [-0.25, -0.2) is 8.42 Å². The van der Waals surface area contributed by atoms with E-state index in [9.17, 15) is 13.2 Å². The van der Waals surface area contributed by atoms with E-state index in [2.05, 4.69) is 0 Å². The lowest BCUT2D eigenvalue weighted by molar-refractivity contribution is -0.136. The van der Waals surface area contributed by atoms with Gasteiger partial charge in [0.05, 0.1) is 11.3 Å². The third kappa shape index (κ3) is 4.40. The summed E-state index contributed by atoms with van der Waals surface area (Å²) in [5.41, 5.74) is 1.49. The first kappa shape index (κ1) is 17.2. The van der Waals surface area contributed by atoms with Crippen LogP contribution >= 0.6 is 0 Å². The topological polar surface area (TPSA) is 74.7 Å². The Morgan fingerprint density at radius 1 is 1.00 bits per heavy atom. The highest BCUT2D eigenvalue weighted by molar-refractivity contribution is 7.89. The van der Waals surface area contributed by atoms with Gasteiger partial charge in [0.15, 0.2) is 0 Å². The molecule has 0 aliphatic carbocycles. The predicted octanol–water partition coefficient (Wildman–Crippen LogP) is 2.52. The number of aliphatic carboxylic acids is 1. The van der Waals surface area contributed by atoms with Crippen LogP contribution in [0.2, 0.25) is 0 Å². The molecule has 0 aromatic heterocycles. The first-order valence-corrected chi connectivity index (χ1v) is 8.72. The van der Waals surface area contributed by atoms with Crippen molar-refractivity contribution in [3.63, 3.8) is 0 Å². The molecule has 0 aliphatic rings. The highest BCUT2D eigenvalue weighted by atomic mass is 32.2. The fourth-order valence-electron chi connectivity index (χ4n) is 2.26. The van der Waals surface area contributed by atoms with E-state index in [0.29, 0.717) is 18.7 Å². The summed E-state index contributed by atoms with van der Waals surface area (Å²) >= 11 is 0. The van der Waals surface area contributed by atoms with Crippen LogP contribution in [-0.4, -0.2) is 30.3 Å². The average molecular weight is 333 g/mol. The summed E-state index contributed by atoms with van der Waals surface area (Å²) in [6.07, 6.45) is -0.123. The van der Waals surface area contributed by atoms with Gasteiger partial charge in [0, 0.05) is 13.1 Å². The molecule has 0 bridgehead atoms. The van der Waals surface area contributed by atoms with Crippen LogP contribution in [0.3, 0.4) is 0 Å². The molecule has 0 radical (unpaired) electrons. The molecule has 2 aromatic carbocycles. The number of hydrogen-bond acceptors (Lipinski definition) is 3. The smallest absolute Gasteiger partial charge is 0.307 e. The minimum atomic E-state index is -3.61. The number of sulfonamides is 1. The first-order chi connectivity index (χ1) is 10.9. The zero-order valence-corrected chi connectivity index (χ0v) is 13.7. The van der Waals surface area contributed by atoms with Gasteiger partial charge in [0.25, 0.3) is 0 Å². The number of rotatable bonds is 7. The molecule has 122 valence electrons. The van der Waals surface area contributed by atoms with Crippen molar-refractivity contribution in [3.8, 4) is 0 Å². The van der Waals surface area contributed by atoms with Crippen LogP contribution in [0.25, 0.3) is 0 Å². The van der Waals surface area contributed by atoms with E-state index < -0.39 is 16.0 Å².